The number of likely N-dealkylation sites (N-methyl/N-ethyl adjacent to an activating group) is 1. The molecule has 2 atom stereocenters. The zero-order valence-corrected chi connectivity index (χ0v) is 25.3. The predicted molar refractivity (Wildman–Crippen MR) is 169 cm³/mol. The van der Waals surface area contributed by atoms with E-state index < -0.39 is 5.82 Å². The van der Waals surface area contributed by atoms with Crippen LogP contribution in [0.4, 0.5) is 10.2 Å². The highest BCUT2D eigenvalue weighted by Gasteiger charge is 2.33. The number of benzene rings is 2. The van der Waals surface area contributed by atoms with Crippen LogP contribution in [0.1, 0.15) is 19.3 Å². The van der Waals surface area contributed by atoms with Crippen molar-refractivity contribution in [1.29, 1.82) is 5.26 Å². The summed E-state index contributed by atoms with van der Waals surface area (Å²) in [6.07, 6.45) is 6.71. The highest BCUT2D eigenvalue weighted by Crippen LogP contribution is 2.44. The zero-order chi connectivity index (χ0) is 31.2. The molecule has 2 aromatic carbocycles. The summed E-state index contributed by atoms with van der Waals surface area (Å²) in [6.45, 7) is 6.24. The van der Waals surface area contributed by atoms with Crippen LogP contribution in [-0.2, 0) is 4.79 Å². The van der Waals surface area contributed by atoms with Crippen molar-refractivity contribution in [2.24, 2.45) is 0 Å². The van der Waals surface area contributed by atoms with Gasteiger partial charge in [-0.05, 0) is 50.2 Å². The minimum atomic E-state index is -0.580. The lowest BCUT2D eigenvalue weighted by atomic mass is 9.96. The average molecular weight is 629 g/mol. The number of nitriles is 1. The molecule has 0 radical (unpaired) electrons. The normalized spacial score (nSPS) is 19.1. The van der Waals surface area contributed by atoms with Crippen LogP contribution < -0.4 is 9.64 Å². The summed E-state index contributed by atoms with van der Waals surface area (Å²) in [5, 5.41) is 18.5. The van der Waals surface area contributed by atoms with E-state index in [1.54, 1.807) is 23.4 Å². The Labute approximate surface area is 262 Å². The van der Waals surface area contributed by atoms with E-state index in [-0.39, 0.29) is 35.4 Å². The van der Waals surface area contributed by atoms with Crippen molar-refractivity contribution in [3.05, 3.63) is 54.2 Å². The Kier molecular flexibility index (Phi) is 7.51. The van der Waals surface area contributed by atoms with E-state index in [1.807, 2.05) is 11.0 Å². The number of carbonyl (C=O) groups is 1. The van der Waals surface area contributed by atoms with E-state index in [9.17, 15) is 10.1 Å². The number of halogens is 2. The summed E-state index contributed by atoms with van der Waals surface area (Å²) >= 11 is 6.62. The number of nitrogens with zero attached hydrogens (tertiary/aromatic N) is 7. The van der Waals surface area contributed by atoms with E-state index in [0.29, 0.717) is 76.0 Å². The van der Waals surface area contributed by atoms with Crippen LogP contribution in [0.25, 0.3) is 43.9 Å². The Morgan fingerprint density at radius 2 is 2.16 bits per heavy atom. The summed E-state index contributed by atoms with van der Waals surface area (Å²) in [7, 11) is 2.08. The Morgan fingerprint density at radius 1 is 1.29 bits per heavy atom. The van der Waals surface area contributed by atoms with E-state index in [2.05, 4.69) is 34.8 Å². The van der Waals surface area contributed by atoms with Gasteiger partial charge in [0, 0.05) is 48.1 Å². The number of carbonyl (C=O) groups excluding carboxylic acids is 1. The minimum absolute atomic E-state index is 0.0388. The molecule has 11 nitrogen and oxygen atoms in total. The van der Waals surface area contributed by atoms with Crippen LogP contribution in [-0.4, -0.2) is 87.8 Å². The van der Waals surface area contributed by atoms with Crippen LogP contribution in [0.5, 0.6) is 6.01 Å². The molecule has 7 rings (SSSR count). The molecule has 1 N–H and O–H groups in total. The molecule has 2 saturated heterocycles. The van der Waals surface area contributed by atoms with E-state index in [0.717, 1.165) is 19.4 Å². The van der Waals surface area contributed by atoms with Gasteiger partial charge in [0.2, 0.25) is 5.91 Å². The van der Waals surface area contributed by atoms with Gasteiger partial charge in [0.25, 0.3) is 0 Å². The van der Waals surface area contributed by atoms with Crippen LogP contribution in [0, 0.1) is 17.1 Å². The molecule has 3 aromatic heterocycles. The summed E-state index contributed by atoms with van der Waals surface area (Å²) < 4.78 is 27.4. The van der Waals surface area contributed by atoms with Crippen LogP contribution in [0.3, 0.4) is 0 Å². The Balaban J connectivity index is 1.41. The Hall–Kier alpha value is -4.73. The SMILES string of the molecule is C=CC(=O)N1CCN(c2nc(OC[C@@H]3CCCN3C)nc3cc(-c4c(Cl)c(F)cc5[nH]ncc45)c4ccoc4c23)C[C@@H]1CC#N. The number of furan rings is 1. The van der Waals surface area contributed by atoms with Gasteiger partial charge in [-0.2, -0.15) is 20.3 Å². The number of anilines is 1. The predicted octanol–water partition coefficient (Wildman–Crippen LogP) is 5.30. The second-order valence-electron chi connectivity index (χ2n) is 11.5. The standard InChI is InChI=1S/C32H30ClFN8O3/c1-3-26(43)42-11-10-41(16-18(42)6-8-35)31-28-25(37-32(38-31)45-17-19-5-4-9-40(19)2)13-21(20-7-12-44-30(20)28)27-22-15-36-39-24(22)14-23(34)29(27)33/h3,7,12-15,18-19H,1,4-6,9-11,16-17H2,2H3,(H,36,39)/t18-,19-/m0/s1. The molecule has 13 heteroatoms. The van der Waals surface area contributed by atoms with Crippen LogP contribution in [0.2, 0.25) is 5.02 Å². The number of hydrogen-bond acceptors (Lipinski definition) is 9. The largest absolute Gasteiger partial charge is 0.463 e. The van der Waals surface area contributed by atoms with Gasteiger partial charge in [0.1, 0.15) is 23.8 Å². The third kappa shape index (κ3) is 5.02. The van der Waals surface area contributed by atoms with Crippen molar-refractivity contribution in [3.8, 4) is 23.2 Å². The fraction of sp³-hybridized carbons (Fsp3) is 0.344. The highest BCUT2D eigenvalue weighted by atomic mass is 35.5. The lowest BCUT2D eigenvalue weighted by molar-refractivity contribution is -0.128. The highest BCUT2D eigenvalue weighted by molar-refractivity contribution is 6.36. The van der Waals surface area contributed by atoms with Gasteiger partial charge in [0.05, 0.1) is 52.4 Å². The molecule has 2 aliphatic rings. The Bertz CT molecular complexity index is 2000. The number of ether oxygens (including phenoxy) is 1. The summed E-state index contributed by atoms with van der Waals surface area (Å²) in [6, 6.07) is 7.25. The van der Waals surface area contributed by atoms with Gasteiger partial charge in [-0.3, -0.25) is 9.89 Å². The molecular formula is C32H30ClFN8O3. The first kappa shape index (κ1) is 29.0. The van der Waals surface area contributed by atoms with Gasteiger partial charge >= 0.3 is 6.01 Å². The fourth-order valence-electron chi connectivity index (χ4n) is 6.59. The number of aromatic amines is 1. The maximum Gasteiger partial charge on any atom is 0.319 e. The maximum absolute atomic E-state index is 15.1. The van der Waals surface area contributed by atoms with Crippen molar-refractivity contribution in [1.82, 2.24) is 30.0 Å². The molecule has 5 aromatic rings. The molecule has 1 amide bonds. The number of amides is 1. The number of nitrogens with one attached hydrogen (secondary N) is 1. The molecule has 5 heterocycles. The first-order valence-corrected chi connectivity index (χ1v) is 15.2. The van der Waals surface area contributed by atoms with E-state index in [1.165, 1.54) is 12.1 Å². The molecule has 2 fully saturated rings. The van der Waals surface area contributed by atoms with Gasteiger partial charge in [0.15, 0.2) is 0 Å². The number of likely N-dealkylation sites (tertiary alicyclic amines) is 1. The summed E-state index contributed by atoms with van der Waals surface area (Å²) in [5.74, 6) is -0.236. The summed E-state index contributed by atoms with van der Waals surface area (Å²) in [5.41, 5.74) is 2.61. The third-order valence-electron chi connectivity index (χ3n) is 8.91. The van der Waals surface area contributed by atoms with Crippen molar-refractivity contribution in [3.63, 3.8) is 0 Å². The molecular weight excluding hydrogens is 599 g/mol. The Morgan fingerprint density at radius 3 is 2.93 bits per heavy atom. The first-order chi connectivity index (χ1) is 21.9. The second kappa shape index (κ2) is 11.6. The van der Waals surface area contributed by atoms with Gasteiger partial charge in [-0.15, -0.1) is 0 Å². The second-order valence-corrected chi connectivity index (χ2v) is 11.9. The van der Waals surface area contributed by atoms with E-state index in [4.69, 9.17) is 30.7 Å². The number of piperazine rings is 1. The molecule has 45 heavy (non-hydrogen) atoms. The number of rotatable bonds is 7. The van der Waals surface area contributed by atoms with Gasteiger partial charge in [-0.1, -0.05) is 18.2 Å². The number of hydrogen-bond donors (Lipinski definition) is 1. The topological polar surface area (TPSA) is 127 Å². The molecule has 0 aliphatic carbocycles. The van der Waals surface area contributed by atoms with Crippen LogP contribution >= 0.6 is 11.6 Å². The van der Waals surface area contributed by atoms with Gasteiger partial charge < -0.3 is 23.9 Å². The van der Waals surface area contributed by atoms with Crippen molar-refractivity contribution < 1.29 is 18.3 Å². The number of aromatic nitrogens is 4. The number of H-pyrrole nitrogens is 1. The van der Waals surface area contributed by atoms with Gasteiger partial charge in [-0.25, -0.2) is 4.39 Å². The smallest absolute Gasteiger partial charge is 0.319 e. The first-order valence-electron chi connectivity index (χ1n) is 14.8. The minimum Gasteiger partial charge on any atom is -0.463 e. The molecule has 2 aliphatic heterocycles. The average Bonchev–Trinajstić information content (AvgIpc) is 3.81. The summed E-state index contributed by atoms with van der Waals surface area (Å²) in [4.78, 5) is 28.3. The van der Waals surface area contributed by atoms with Crippen molar-refractivity contribution in [2.75, 3.05) is 44.7 Å². The quantitative estimate of drug-likeness (QED) is 0.239. The van der Waals surface area contributed by atoms with Crippen LogP contribution in [0.15, 0.2) is 47.7 Å². The molecule has 0 spiro atoms. The third-order valence-corrected chi connectivity index (χ3v) is 9.28. The maximum atomic E-state index is 15.1. The molecule has 0 saturated carbocycles. The lowest BCUT2D eigenvalue weighted by Crippen LogP contribution is -2.55. The fourth-order valence-corrected chi connectivity index (χ4v) is 6.85. The number of fused-ring (bicyclic) bond motifs is 4. The van der Waals surface area contributed by atoms with Crippen molar-refractivity contribution >= 4 is 56.1 Å². The monoisotopic (exact) mass is 628 g/mol. The lowest BCUT2D eigenvalue weighted by Gasteiger charge is -2.41. The zero-order valence-electron chi connectivity index (χ0n) is 24.6. The molecule has 0 bridgehead atoms. The molecule has 0 unspecified atom stereocenters. The van der Waals surface area contributed by atoms with E-state index >= 15 is 4.39 Å². The van der Waals surface area contributed by atoms with Crippen molar-refractivity contribution in [2.45, 2.75) is 31.3 Å². The molecule has 230 valence electrons.